The lowest BCUT2D eigenvalue weighted by molar-refractivity contribution is -0.120. The Labute approximate surface area is 163 Å². The molecule has 0 aromatic heterocycles. The summed E-state index contributed by atoms with van der Waals surface area (Å²) in [5.74, 6) is 0.896. The Bertz CT molecular complexity index is 567. The van der Waals surface area contributed by atoms with Crippen molar-refractivity contribution >= 4 is 11.9 Å². The third kappa shape index (κ3) is 8.43. The van der Waals surface area contributed by atoms with Crippen LogP contribution in [0.4, 0.5) is 0 Å². The highest BCUT2D eigenvalue weighted by Gasteiger charge is 2.20. The van der Waals surface area contributed by atoms with Crippen LogP contribution in [0, 0.1) is 0 Å². The van der Waals surface area contributed by atoms with Crippen LogP contribution < -0.4 is 16.0 Å². The molecule has 0 aliphatic carbocycles. The largest absolute Gasteiger partial charge is 0.357 e. The Morgan fingerprint density at radius 2 is 1.89 bits per heavy atom. The zero-order chi connectivity index (χ0) is 19.3. The van der Waals surface area contributed by atoms with E-state index in [1.165, 1.54) is 5.56 Å². The summed E-state index contributed by atoms with van der Waals surface area (Å²) in [6.07, 6.45) is 3.61. The van der Waals surface area contributed by atoms with Crippen molar-refractivity contribution in [3.63, 3.8) is 0 Å². The average Bonchev–Trinajstić information content (AvgIpc) is 2.69. The fourth-order valence-corrected chi connectivity index (χ4v) is 3.21. The molecule has 3 N–H and O–H groups in total. The number of benzene rings is 1. The van der Waals surface area contributed by atoms with E-state index in [9.17, 15) is 4.79 Å². The second-order valence-electron chi connectivity index (χ2n) is 7.04. The van der Waals surface area contributed by atoms with Gasteiger partial charge in [-0.1, -0.05) is 37.3 Å². The van der Waals surface area contributed by atoms with Gasteiger partial charge in [0.05, 0.1) is 6.54 Å². The summed E-state index contributed by atoms with van der Waals surface area (Å²) in [4.78, 5) is 18.8. The molecule has 0 radical (unpaired) electrons. The standard InChI is InChI=1S/C21H35N5O/c1-3-13-23-20(27)10-14-24-21(22-4-2)25-19-11-15-26(16-12-19)17-18-8-6-5-7-9-18/h5-9,19H,3-4,10-17H2,1-2H3,(H,23,27)(H2,22,24,25). The van der Waals surface area contributed by atoms with E-state index in [1.54, 1.807) is 0 Å². The first-order valence-electron chi connectivity index (χ1n) is 10.3. The van der Waals surface area contributed by atoms with Crippen LogP contribution in [0.1, 0.15) is 45.1 Å². The SMILES string of the molecule is CCCNC(=O)CCN=C(NCC)NC1CCN(Cc2ccccc2)CC1. The highest BCUT2D eigenvalue weighted by Crippen LogP contribution is 2.13. The van der Waals surface area contributed by atoms with Crippen LogP contribution in [0.3, 0.4) is 0 Å². The molecule has 150 valence electrons. The molecule has 0 atom stereocenters. The summed E-state index contributed by atoms with van der Waals surface area (Å²) in [5, 5.41) is 9.72. The van der Waals surface area contributed by atoms with Gasteiger partial charge in [-0.2, -0.15) is 0 Å². The maximum atomic E-state index is 11.7. The normalized spacial score (nSPS) is 16.1. The molecule has 1 aromatic carbocycles. The molecule has 6 nitrogen and oxygen atoms in total. The number of aliphatic imine (C=N–C) groups is 1. The van der Waals surface area contributed by atoms with Gasteiger partial charge in [-0.3, -0.25) is 14.7 Å². The summed E-state index contributed by atoms with van der Waals surface area (Å²) in [6, 6.07) is 11.1. The number of carbonyl (C=O) groups excluding carboxylic acids is 1. The van der Waals surface area contributed by atoms with Gasteiger partial charge in [-0.15, -0.1) is 0 Å². The van der Waals surface area contributed by atoms with E-state index in [-0.39, 0.29) is 5.91 Å². The Hall–Kier alpha value is -2.08. The van der Waals surface area contributed by atoms with Gasteiger partial charge >= 0.3 is 0 Å². The molecule has 1 fully saturated rings. The number of likely N-dealkylation sites (tertiary alicyclic amines) is 1. The van der Waals surface area contributed by atoms with Crippen LogP contribution in [0.2, 0.25) is 0 Å². The van der Waals surface area contributed by atoms with Gasteiger partial charge in [0.1, 0.15) is 0 Å². The molecule has 6 heteroatoms. The second-order valence-corrected chi connectivity index (χ2v) is 7.04. The molecule has 1 saturated heterocycles. The molecule has 1 aliphatic heterocycles. The van der Waals surface area contributed by atoms with Gasteiger partial charge in [0.15, 0.2) is 5.96 Å². The molecule has 1 aliphatic rings. The summed E-state index contributed by atoms with van der Waals surface area (Å²) >= 11 is 0. The van der Waals surface area contributed by atoms with E-state index in [0.717, 1.165) is 57.9 Å². The van der Waals surface area contributed by atoms with Crippen LogP contribution in [-0.4, -0.2) is 55.5 Å². The van der Waals surface area contributed by atoms with Crippen LogP contribution in [-0.2, 0) is 11.3 Å². The van der Waals surface area contributed by atoms with Crippen molar-refractivity contribution in [2.75, 3.05) is 32.7 Å². The van der Waals surface area contributed by atoms with E-state index in [4.69, 9.17) is 0 Å². The number of rotatable bonds is 9. The number of carbonyl (C=O) groups is 1. The summed E-state index contributed by atoms with van der Waals surface area (Å²) in [6.45, 7) is 9.39. The van der Waals surface area contributed by atoms with Gasteiger partial charge < -0.3 is 16.0 Å². The first-order valence-corrected chi connectivity index (χ1v) is 10.3. The zero-order valence-electron chi connectivity index (χ0n) is 16.8. The summed E-state index contributed by atoms with van der Waals surface area (Å²) < 4.78 is 0. The van der Waals surface area contributed by atoms with Crippen molar-refractivity contribution in [2.45, 2.75) is 52.1 Å². The molecule has 1 amide bonds. The predicted octanol–water partition coefficient (Wildman–Crippen LogP) is 2.12. The molecule has 0 saturated carbocycles. The Kier molecular flexibility index (Phi) is 9.69. The third-order valence-corrected chi connectivity index (χ3v) is 4.70. The number of amides is 1. The zero-order valence-corrected chi connectivity index (χ0v) is 16.8. The molecule has 1 aromatic rings. The maximum Gasteiger partial charge on any atom is 0.221 e. The van der Waals surface area contributed by atoms with E-state index < -0.39 is 0 Å². The van der Waals surface area contributed by atoms with Crippen LogP contribution in [0.5, 0.6) is 0 Å². The Balaban J connectivity index is 1.73. The lowest BCUT2D eigenvalue weighted by Crippen LogP contribution is -2.48. The minimum absolute atomic E-state index is 0.0747. The van der Waals surface area contributed by atoms with Gasteiger partial charge in [0.2, 0.25) is 5.91 Å². The van der Waals surface area contributed by atoms with Crippen LogP contribution >= 0.6 is 0 Å². The van der Waals surface area contributed by atoms with E-state index >= 15 is 0 Å². The lowest BCUT2D eigenvalue weighted by atomic mass is 10.0. The number of hydrogen-bond acceptors (Lipinski definition) is 3. The molecule has 1 heterocycles. The molecular weight excluding hydrogens is 338 g/mol. The molecule has 0 unspecified atom stereocenters. The van der Waals surface area contributed by atoms with E-state index in [2.05, 4.69) is 70.0 Å². The quantitative estimate of drug-likeness (QED) is 0.458. The molecular formula is C21H35N5O. The van der Waals surface area contributed by atoms with Crippen molar-refractivity contribution in [2.24, 2.45) is 4.99 Å². The topological polar surface area (TPSA) is 68.8 Å². The van der Waals surface area contributed by atoms with Crippen molar-refractivity contribution in [3.05, 3.63) is 35.9 Å². The van der Waals surface area contributed by atoms with Gasteiger partial charge in [0, 0.05) is 45.2 Å². The van der Waals surface area contributed by atoms with Crippen molar-refractivity contribution in [3.8, 4) is 0 Å². The number of guanidine groups is 1. The second kappa shape index (κ2) is 12.3. The molecule has 0 spiro atoms. The first kappa shape index (κ1) is 21.2. The summed E-state index contributed by atoms with van der Waals surface area (Å²) in [7, 11) is 0. The number of nitrogens with one attached hydrogen (secondary N) is 3. The Morgan fingerprint density at radius 1 is 1.15 bits per heavy atom. The van der Waals surface area contributed by atoms with E-state index in [0.29, 0.717) is 19.0 Å². The molecule has 2 rings (SSSR count). The highest BCUT2D eigenvalue weighted by atomic mass is 16.1. The smallest absolute Gasteiger partial charge is 0.221 e. The maximum absolute atomic E-state index is 11.7. The summed E-state index contributed by atoms with van der Waals surface area (Å²) in [5.41, 5.74) is 1.38. The average molecular weight is 374 g/mol. The number of piperidine rings is 1. The third-order valence-electron chi connectivity index (χ3n) is 4.70. The van der Waals surface area contributed by atoms with Crippen LogP contribution in [0.15, 0.2) is 35.3 Å². The number of nitrogens with zero attached hydrogens (tertiary/aromatic N) is 2. The monoisotopic (exact) mass is 373 g/mol. The predicted molar refractivity (Wildman–Crippen MR) is 112 cm³/mol. The lowest BCUT2D eigenvalue weighted by Gasteiger charge is -2.33. The van der Waals surface area contributed by atoms with Crippen molar-refractivity contribution < 1.29 is 4.79 Å². The van der Waals surface area contributed by atoms with Gasteiger partial charge in [-0.25, -0.2) is 0 Å². The van der Waals surface area contributed by atoms with E-state index in [1.807, 2.05) is 0 Å². The first-order chi connectivity index (χ1) is 13.2. The molecule has 27 heavy (non-hydrogen) atoms. The molecule has 0 bridgehead atoms. The minimum atomic E-state index is 0.0747. The fourth-order valence-electron chi connectivity index (χ4n) is 3.21. The fraction of sp³-hybridized carbons (Fsp3) is 0.619. The minimum Gasteiger partial charge on any atom is -0.357 e. The van der Waals surface area contributed by atoms with Crippen LogP contribution in [0.25, 0.3) is 0 Å². The van der Waals surface area contributed by atoms with Crippen molar-refractivity contribution in [1.82, 2.24) is 20.9 Å². The van der Waals surface area contributed by atoms with Gasteiger partial charge in [0.25, 0.3) is 0 Å². The number of hydrogen-bond donors (Lipinski definition) is 3. The highest BCUT2D eigenvalue weighted by molar-refractivity contribution is 5.81. The van der Waals surface area contributed by atoms with Gasteiger partial charge in [-0.05, 0) is 31.7 Å². The van der Waals surface area contributed by atoms with Crippen molar-refractivity contribution in [1.29, 1.82) is 0 Å². The Morgan fingerprint density at radius 3 is 2.56 bits per heavy atom.